The van der Waals surface area contributed by atoms with Gasteiger partial charge in [-0.3, -0.25) is 9.59 Å². The van der Waals surface area contributed by atoms with Crippen molar-refractivity contribution in [3.05, 3.63) is 98.5 Å². The van der Waals surface area contributed by atoms with E-state index in [0.29, 0.717) is 23.7 Å². The normalized spacial score (nSPS) is 11.8. The van der Waals surface area contributed by atoms with Gasteiger partial charge in [-0.25, -0.2) is 0 Å². The molecule has 1 unspecified atom stereocenters. The molecule has 0 fully saturated rings. The molecule has 1 N–H and O–H groups in total. The summed E-state index contributed by atoms with van der Waals surface area (Å²) >= 11 is 10.0. The molecule has 7 heteroatoms. The molecule has 0 aliphatic rings. The molecule has 1 atom stereocenters. The van der Waals surface area contributed by atoms with Crippen LogP contribution in [0.1, 0.15) is 36.1 Å². The summed E-state index contributed by atoms with van der Waals surface area (Å²) in [4.78, 5) is 28.8. The van der Waals surface area contributed by atoms with E-state index < -0.39 is 6.04 Å². The number of hydrogen-bond donors (Lipinski definition) is 1. The second kappa shape index (κ2) is 13.6. The highest BCUT2D eigenvalue weighted by Crippen LogP contribution is 2.27. The Morgan fingerprint density at radius 2 is 1.62 bits per heavy atom. The molecule has 0 aliphatic heterocycles. The van der Waals surface area contributed by atoms with Crippen LogP contribution in [0.5, 0.6) is 5.75 Å². The zero-order valence-corrected chi connectivity index (χ0v) is 24.1. The number of carbonyl (C=O) groups excluding carboxylic acids is 2. The number of ether oxygens (including phenoxy) is 1. The molecule has 3 aromatic carbocycles. The van der Waals surface area contributed by atoms with Crippen LogP contribution in [0.4, 0.5) is 0 Å². The predicted octanol–water partition coefficient (Wildman–Crippen LogP) is 6.51. The first kappa shape index (κ1) is 28.7. The summed E-state index contributed by atoms with van der Waals surface area (Å²) in [6.45, 7) is 8.53. The van der Waals surface area contributed by atoms with Crippen molar-refractivity contribution in [2.45, 2.75) is 46.7 Å². The number of aryl methyl sites for hydroxylation is 2. The first-order chi connectivity index (χ1) is 17.7. The summed E-state index contributed by atoms with van der Waals surface area (Å²) in [5.74, 6) is 0.390. The maximum absolute atomic E-state index is 13.7. The summed E-state index contributed by atoms with van der Waals surface area (Å²) in [6.07, 6.45) is 0.372. The summed E-state index contributed by atoms with van der Waals surface area (Å²) in [7, 11) is 0. The average Bonchev–Trinajstić information content (AvgIpc) is 2.88. The van der Waals surface area contributed by atoms with E-state index in [9.17, 15) is 9.59 Å². The van der Waals surface area contributed by atoms with Crippen molar-refractivity contribution in [3.8, 4) is 5.75 Å². The average molecular weight is 586 g/mol. The Bertz CT molecular complexity index is 1190. The fraction of sp³-hybridized carbons (Fsp3) is 0.333. The Morgan fingerprint density at radius 3 is 2.24 bits per heavy atom. The van der Waals surface area contributed by atoms with Crippen molar-refractivity contribution in [3.63, 3.8) is 0 Å². The number of amides is 2. The number of nitrogens with zero attached hydrogens (tertiary/aromatic N) is 1. The van der Waals surface area contributed by atoms with E-state index in [-0.39, 0.29) is 30.9 Å². The lowest BCUT2D eigenvalue weighted by molar-refractivity contribution is -0.142. The lowest BCUT2D eigenvalue weighted by Crippen LogP contribution is -2.52. The third-order valence-corrected chi connectivity index (χ3v) is 7.65. The first-order valence-electron chi connectivity index (χ1n) is 12.4. The Kier molecular flexibility index (Phi) is 10.6. The van der Waals surface area contributed by atoms with Gasteiger partial charge < -0.3 is 15.0 Å². The van der Waals surface area contributed by atoms with Gasteiger partial charge in [0, 0.05) is 29.0 Å². The SMILES string of the molecule is Cc1cc(OCC(=O)N(Cc2ccccc2Cl)C(Cc2ccccc2)C(=O)NCC(C)C)cc(C)c1Br. The van der Waals surface area contributed by atoms with Crippen molar-refractivity contribution in [1.82, 2.24) is 10.2 Å². The molecule has 5 nitrogen and oxygen atoms in total. The summed E-state index contributed by atoms with van der Waals surface area (Å²) in [5.41, 5.74) is 3.77. The number of nitrogens with one attached hydrogen (secondary N) is 1. The number of halogens is 2. The lowest BCUT2D eigenvalue weighted by atomic mass is 10.0. The molecular weight excluding hydrogens is 552 g/mol. The minimum Gasteiger partial charge on any atom is -0.484 e. The van der Waals surface area contributed by atoms with Crippen LogP contribution in [0.25, 0.3) is 0 Å². The fourth-order valence-corrected chi connectivity index (χ4v) is 4.43. The van der Waals surface area contributed by atoms with Gasteiger partial charge in [0.2, 0.25) is 5.91 Å². The standard InChI is InChI=1S/C30H34BrClN2O3/c1-20(2)17-33-30(36)27(16-23-10-6-5-7-11-23)34(18-24-12-8-9-13-26(24)32)28(35)19-37-25-14-21(3)29(31)22(4)15-25/h5-15,20,27H,16-19H2,1-4H3,(H,33,36). The van der Waals surface area contributed by atoms with Crippen molar-refractivity contribution >= 4 is 39.3 Å². The number of hydrogen-bond acceptors (Lipinski definition) is 3. The van der Waals surface area contributed by atoms with Crippen molar-refractivity contribution in [1.29, 1.82) is 0 Å². The monoisotopic (exact) mass is 584 g/mol. The molecule has 0 saturated carbocycles. The highest BCUT2D eigenvalue weighted by atomic mass is 79.9. The highest BCUT2D eigenvalue weighted by Gasteiger charge is 2.31. The molecule has 196 valence electrons. The summed E-state index contributed by atoms with van der Waals surface area (Å²) < 4.78 is 6.95. The van der Waals surface area contributed by atoms with Gasteiger partial charge in [-0.2, -0.15) is 0 Å². The first-order valence-corrected chi connectivity index (χ1v) is 13.6. The maximum Gasteiger partial charge on any atom is 0.261 e. The topological polar surface area (TPSA) is 58.6 Å². The van der Waals surface area contributed by atoms with Crippen LogP contribution in [-0.2, 0) is 22.6 Å². The Labute approximate surface area is 233 Å². The zero-order chi connectivity index (χ0) is 26.9. The second-order valence-corrected chi connectivity index (χ2v) is 10.8. The molecule has 2 amide bonds. The van der Waals surface area contributed by atoms with Crippen LogP contribution in [-0.4, -0.2) is 35.9 Å². The van der Waals surface area contributed by atoms with Crippen LogP contribution in [0, 0.1) is 19.8 Å². The number of carbonyl (C=O) groups is 2. The minimum absolute atomic E-state index is 0.187. The molecule has 0 saturated heterocycles. The van der Waals surface area contributed by atoms with Crippen molar-refractivity contribution < 1.29 is 14.3 Å². The van der Waals surface area contributed by atoms with E-state index in [1.165, 1.54) is 0 Å². The van der Waals surface area contributed by atoms with Crippen molar-refractivity contribution in [2.24, 2.45) is 5.92 Å². The van der Waals surface area contributed by atoms with Crippen molar-refractivity contribution in [2.75, 3.05) is 13.2 Å². The van der Waals surface area contributed by atoms with E-state index in [2.05, 4.69) is 21.2 Å². The Hall–Kier alpha value is -2.83. The predicted molar refractivity (Wildman–Crippen MR) is 153 cm³/mol. The number of rotatable bonds is 11. The summed E-state index contributed by atoms with van der Waals surface area (Å²) in [6, 6.07) is 20.1. The van der Waals surface area contributed by atoms with Gasteiger partial charge in [0.15, 0.2) is 6.61 Å². The van der Waals surface area contributed by atoms with Gasteiger partial charge in [-0.05, 0) is 60.2 Å². The Balaban J connectivity index is 1.92. The molecule has 0 radical (unpaired) electrons. The quantitative estimate of drug-likeness (QED) is 0.279. The van der Waals surface area contributed by atoms with Gasteiger partial charge >= 0.3 is 0 Å². The summed E-state index contributed by atoms with van der Waals surface area (Å²) in [5, 5.41) is 3.56. The highest BCUT2D eigenvalue weighted by molar-refractivity contribution is 9.10. The van der Waals surface area contributed by atoms with Crippen LogP contribution in [0.3, 0.4) is 0 Å². The van der Waals surface area contributed by atoms with E-state index in [1.54, 1.807) is 11.0 Å². The van der Waals surface area contributed by atoms with Crippen LogP contribution in [0.15, 0.2) is 71.2 Å². The molecule has 0 aromatic heterocycles. The number of benzene rings is 3. The fourth-order valence-electron chi connectivity index (χ4n) is 4.00. The van der Waals surface area contributed by atoms with E-state index in [1.807, 2.05) is 88.4 Å². The van der Waals surface area contributed by atoms with Gasteiger partial charge in [0.05, 0.1) is 0 Å². The van der Waals surface area contributed by atoms with E-state index in [4.69, 9.17) is 16.3 Å². The minimum atomic E-state index is -0.734. The molecule has 37 heavy (non-hydrogen) atoms. The van der Waals surface area contributed by atoms with E-state index in [0.717, 1.165) is 26.7 Å². The van der Waals surface area contributed by atoms with Gasteiger partial charge in [0.1, 0.15) is 11.8 Å². The third kappa shape index (κ3) is 8.34. The van der Waals surface area contributed by atoms with Crippen LogP contribution in [0.2, 0.25) is 5.02 Å². The van der Waals surface area contributed by atoms with Gasteiger partial charge in [-0.15, -0.1) is 0 Å². The third-order valence-electron chi connectivity index (χ3n) is 6.03. The lowest BCUT2D eigenvalue weighted by Gasteiger charge is -2.32. The van der Waals surface area contributed by atoms with Crippen LogP contribution >= 0.6 is 27.5 Å². The molecule has 0 aliphatic carbocycles. The van der Waals surface area contributed by atoms with Gasteiger partial charge in [-0.1, -0.05) is 89.9 Å². The Morgan fingerprint density at radius 1 is 1.00 bits per heavy atom. The molecule has 3 aromatic rings. The maximum atomic E-state index is 13.7. The smallest absolute Gasteiger partial charge is 0.261 e. The molecule has 3 rings (SSSR count). The second-order valence-electron chi connectivity index (χ2n) is 9.62. The molecule has 0 bridgehead atoms. The van der Waals surface area contributed by atoms with Gasteiger partial charge in [0.25, 0.3) is 5.91 Å². The molecular formula is C30H34BrClN2O3. The largest absolute Gasteiger partial charge is 0.484 e. The zero-order valence-electron chi connectivity index (χ0n) is 21.8. The van der Waals surface area contributed by atoms with Crippen LogP contribution < -0.4 is 10.1 Å². The molecule has 0 heterocycles. The van der Waals surface area contributed by atoms with E-state index >= 15 is 0 Å². The molecule has 0 spiro atoms.